The number of benzene rings is 2. The van der Waals surface area contributed by atoms with Crippen molar-refractivity contribution in [2.45, 2.75) is 0 Å². The Kier molecular flexibility index (Phi) is 4.15. The molecule has 0 unspecified atom stereocenters. The molecule has 0 saturated heterocycles. The van der Waals surface area contributed by atoms with Gasteiger partial charge in [-0.2, -0.15) is 0 Å². The van der Waals surface area contributed by atoms with E-state index in [9.17, 15) is 8.78 Å². The maximum atomic E-state index is 12.9. The number of rotatable bonds is 2. The highest BCUT2D eigenvalue weighted by atomic mass is 35.5. The number of nitrogens with zero attached hydrogens (tertiary/aromatic N) is 1. The van der Waals surface area contributed by atoms with E-state index in [2.05, 4.69) is 9.97 Å². The van der Waals surface area contributed by atoms with Gasteiger partial charge in [0.1, 0.15) is 11.6 Å². The van der Waals surface area contributed by atoms with Crippen LogP contribution in [0.2, 0.25) is 0 Å². The summed E-state index contributed by atoms with van der Waals surface area (Å²) < 4.78 is 25.9. The third-order valence-corrected chi connectivity index (χ3v) is 2.89. The first kappa shape index (κ1) is 14.2. The summed E-state index contributed by atoms with van der Waals surface area (Å²) in [5, 5.41) is 0. The highest BCUT2D eigenvalue weighted by molar-refractivity contribution is 5.85. The average Bonchev–Trinajstić information content (AvgIpc) is 2.90. The van der Waals surface area contributed by atoms with E-state index in [-0.39, 0.29) is 24.0 Å². The highest BCUT2D eigenvalue weighted by Crippen LogP contribution is 2.28. The first-order chi connectivity index (χ1) is 9.24. The number of halogens is 3. The number of aromatic nitrogens is 2. The molecule has 3 aromatic rings. The standard InChI is InChI=1S/C15H10F2N2.ClH/c16-12-5-1-10(2-6-12)14-15(19-9-18-14)11-3-7-13(17)8-4-11;/h1-9H,(H,18,19);1H. The van der Waals surface area contributed by atoms with Gasteiger partial charge in [-0.3, -0.25) is 0 Å². The van der Waals surface area contributed by atoms with E-state index in [1.165, 1.54) is 24.3 Å². The minimum absolute atomic E-state index is 0. The molecule has 0 bridgehead atoms. The van der Waals surface area contributed by atoms with Gasteiger partial charge < -0.3 is 4.98 Å². The van der Waals surface area contributed by atoms with Crippen LogP contribution in [0.15, 0.2) is 54.9 Å². The third kappa shape index (κ3) is 2.70. The Morgan fingerprint density at radius 2 is 1.25 bits per heavy atom. The monoisotopic (exact) mass is 292 g/mol. The molecule has 0 saturated carbocycles. The fourth-order valence-electron chi connectivity index (χ4n) is 1.96. The predicted molar refractivity (Wildman–Crippen MR) is 76.6 cm³/mol. The van der Waals surface area contributed by atoms with Crippen LogP contribution in [0.5, 0.6) is 0 Å². The van der Waals surface area contributed by atoms with Gasteiger partial charge in [0.15, 0.2) is 0 Å². The Hall–Kier alpha value is -2.20. The lowest BCUT2D eigenvalue weighted by Gasteiger charge is -2.03. The summed E-state index contributed by atoms with van der Waals surface area (Å²) in [6.45, 7) is 0. The van der Waals surface area contributed by atoms with Crippen molar-refractivity contribution in [3.05, 3.63) is 66.5 Å². The van der Waals surface area contributed by atoms with E-state index in [1.807, 2.05) is 0 Å². The zero-order valence-electron chi connectivity index (χ0n) is 10.3. The lowest BCUT2D eigenvalue weighted by Crippen LogP contribution is -1.85. The molecule has 0 atom stereocenters. The van der Waals surface area contributed by atoms with Crippen LogP contribution in [0.3, 0.4) is 0 Å². The summed E-state index contributed by atoms with van der Waals surface area (Å²) in [4.78, 5) is 7.27. The summed E-state index contributed by atoms with van der Waals surface area (Å²) >= 11 is 0. The van der Waals surface area contributed by atoms with E-state index < -0.39 is 0 Å². The normalized spacial score (nSPS) is 10.1. The summed E-state index contributed by atoms with van der Waals surface area (Å²) in [5.41, 5.74) is 3.14. The molecule has 0 aliphatic rings. The van der Waals surface area contributed by atoms with Gasteiger partial charge in [0.2, 0.25) is 0 Å². The van der Waals surface area contributed by atoms with E-state index in [1.54, 1.807) is 30.6 Å². The van der Waals surface area contributed by atoms with Gasteiger partial charge in [-0.05, 0) is 48.5 Å². The molecule has 0 aliphatic heterocycles. The molecule has 0 radical (unpaired) electrons. The zero-order chi connectivity index (χ0) is 13.2. The van der Waals surface area contributed by atoms with Crippen molar-refractivity contribution < 1.29 is 8.78 Å². The topological polar surface area (TPSA) is 28.7 Å². The summed E-state index contributed by atoms with van der Waals surface area (Å²) in [5.74, 6) is -0.575. The molecule has 102 valence electrons. The smallest absolute Gasteiger partial charge is 0.123 e. The number of hydrogen-bond donors (Lipinski definition) is 1. The molecule has 1 heterocycles. The maximum absolute atomic E-state index is 12.9. The van der Waals surface area contributed by atoms with Crippen LogP contribution in [0.4, 0.5) is 8.78 Å². The molecule has 0 aliphatic carbocycles. The van der Waals surface area contributed by atoms with E-state index >= 15 is 0 Å². The number of nitrogens with one attached hydrogen (secondary N) is 1. The van der Waals surface area contributed by atoms with Crippen molar-refractivity contribution in [1.82, 2.24) is 9.97 Å². The fraction of sp³-hybridized carbons (Fsp3) is 0. The molecule has 0 fully saturated rings. The Morgan fingerprint density at radius 1 is 0.750 bits per heavy atom. The zero-order valence-corrected chi connectivity index (χ0v) is 11.1. The molecule has 5 heteroatoms. The largest absolute Gasteiger partial charge is 0.344 e. The van der Waals surface area contributed by atoms with Gasteiger partial charge in [-0.1, -0.05) is 0 Å². The molecule has 3 rings (SSSR count). The van der Waals surface area contributed by atoms with Crippen LogP contribution in [0.25, 0.3) is 22.5 Å². The van der Waals surface area contributed by atoms with E-state index in [4.69, 9.17) is 0 Å². The predicted octanol–water partition coefficient (Wildman–Crippen LogP) is 4.44. The SMILES string of the molecule is Cl.Fc1ccc(-c2nc[nH]c2-c2ccc(F)cc2)cc1. The van der Waals surface area contributed by atoms with Gasteiger partial charge in [0.05, 0.1) is 17.7 Å². The van der Waals surface area contributed by atoms with E-state index in [0.717, 1.165) is 16.8 Å². The Balaban J connectivity index is 0.00000147. The summed E-state index contributed by atoms with van der Waals surface area (Å²) in [7, 11) is 0. The van der Waals surface area contributed by atoms with Gasteiger partial charge in [0.25, 0.3) is 0 Å². The summed E-state index contributed by atoms with van der Waals surface area (Å²) in [6.07, 6.45) is 1.57. The number of hydrogen-bond acceptors (Lipinski definition) is 1. The molecule has 2 nitrogen and oxygen atoms in total. The number of aromatic amines is 1. The van der Waals surface area contributed by atoms with Crippen LogP contribution >= 0.6 is 12.4 Å². The van der Waals surface area contributed by atoms with Gasteiger partial charge in [-0.25, -0.2) is 13.8 Å². The van der Waals surface area contributed by atoms with Gasteiger partial charge in [0, 0.05) is 11.1 Å². The molecular formula is C15H11ClF2N2. The maximum Gasteiger partial charge on any atom is 0.123 e. The second-order valence-electron chi connectivity index (χ2n) is 4.14. The van der Waals surface area contributed by atoms with Crippen molar-refractivity contribution in [3.63, 3.8) is 0 Å². The molecule has 0 amide bonds. The van der Waals surface area contributed by atoms with Crippen molar-refractivity contribution in [1.29, 1.82) is 0 Å². The Morgan fingerprint density at radius 3 is 1.80 bits per heavy atom. The molecule has 1 N–H and O–H groups in total. The Labute approximate surface area is 120 Å². The van der Waals surface area contributed by atoms with Crippen LogP contribution in [-0.2, 0) is 0 Å². The quantitative estimate of drug-likeness (QED) is 0.743. The first-order valence-corrected chi connectivity index (χ1v) is 5.79. The van der Waals surface area contributed by atoms with Crippen LogP contribution in [0, 0.1) is 11.6 Å². The van der Waals surface area contributed by atoms with Crippen LogP contribution in [0.1, 0.15) is 0 Å². The first-order valence-electron chi connectivity index (χ1n) is 5.79. The van der Waals surface area contributed by atoms with E-state index in [0.29, 0.717) is 5.69 Å². The highest BCUT2D eigenvalue weighted by Gasteiger charge is 2.10. The van der Waals surface area contributed by atoms with Crippen molar-refractivity contribution in [2.75, 3.05) is 0 Å². The molecule has 1 aromatic heterocycles. The van der Waals surface area contributed by atoms with Crippen molar-refractivity contribution in [2.24, 2.45) is 0 Å². The van der Waals surface area contributed by atoms with Crippen molar-refractivity contribution >= 4 is 12.4 Å². The molecule has 0 spiro atoms. The Bertz CT molecular complexity index is 631. The van der Waals surface area contributed by atoms with Crippen LogP contribution in [-0.4, -0.2) is 9.97 Å². The fourth-order valence-corrected chi connectivity index (χ4v) is 1.96. The minimum atomic E-state index is -0.289. The average molecular weight is 293 g/mol. The third-order valence-electron chi connectivity index (χ3n) is 2.89. The van der Waals surface area contributed by atoms with Gasteiger partial charge >= 0.3 is 0 Å². The van der Waals surface area contributed by atoms with Crippen molar-refractivity contribution in [3.8, 4) is 22.5 Å². The minimum Gasteiger partial charge on any atom is -0.344 e. The second-order valence-corrected chi connectivity index (χ2v) is 4.14. The second kappa shape index (κ2) is 5.84. The molecule has 20 heavy (non-hydrogen) atoms. The lowest BCUT2D eigenvalue weighted by molar-refractivity contribution is 0.627. The summed E-state index contributed by atoms with van der Waals surface area (Å²) in [6, 6.07) is 12.2. The van der Waals surface area contributed by atoms with Gasteiger partial charge in [-0.15, -0.1) is 12.4 Å². The van der Waals surface area contributed by atoms with Crippen LogP contribution < -0.4 is 0 Å². The lowest BCUT2D eigenvalue weighted by atomic mass is 10.1. The number of H-pyrrole nitrogens is 1. The number of imidazole rings is 1. The molecular weight excluding hydrogens is 282 g/mol. The molecule has 2 aromatic carbocycles.